The number of likely N-dealkylation sites (tertiary alicyclic amines) is 1. The van der Waals surface area contributed by atoms with E-state index in [-0.39, 0.29) is 12.5 Å². The fourth-order valence-electron chi connectivity index (χ4n) is 3.93. The Morgan fingerprint density at radius 1 is 1.17 bits per heavy atom. The zero-order valence-corrected chi connectivity index (χ0v) is 17.9. The van der Waals surface area contributed by atoms with Gasteiger partial charge >= 0.3 is 0 Å². The van der Waals surface area contributed by atoms with Crippen LogP contribution in [-0.2, 0) is 9.59 Å². The summed E-state index contributed by atoms with van der Waals surface area (Å²) in [6.45, 7) is 5.14. The summed E-state index contributed by atoms with van der Waals surface area (Å²) in [5.74, 6) is 0.233. The molecule has 2 aliphatic heterocycles. The molecule has 2 aromatic heterocycles. The van der Waals surface area contributed by atoms with Gasteiger partial charge in [-0.3, -0.25) is 19.3 Å². The number of hydrogen-bond acceptors (Lipinski definition) is 5. The van der Waals surface area contributed by atoms with Crippen molar-refractivity contribution in [1.29, 1.82) is 0 Å². The van der Waals surface area contributed by atoms with E-state index in [9.17, 15) is 14.4 Å². The van der Waals surface area contributed by atoms with Gasteiger partial charge in [-0.15, -0.1) is 0 Å². The maximum absolute atomic E-state index is 12.8. The van der Waals surface area contributed by atoms with Gasteiger partial charge in [-0.25, -0.2) is 4.98 Å². The van der Waals surface area contributed by atoms with Gasteiger partial charge in [-0.2, -0.15) is 0 Å². The third-order valence-corrected chi connectivity index (χ3v) is 6.42. The van der Waals surface area contributed by atoms with E-state index in [0.29, 0.717) is 18.0 Å². The Kier molecular flexibility index (Phi) is 5.76. The van der Waals surface area contributed by atoms with Gasteiger partial charge in [0.1, 0.15) is 12.4 Å². The van der Waals surface area contributed by atoms with Crippen molar-refractivity contribution in [3.8, 4) is 5.82 Å². The number of carbonyl (C=O) groups excluding carboxylic acids is 3. The van der Waals surface area contributed by atoms with E-state index in [1.54, 1.807) is 17.2 Å². The normalized spacial score (nSPS) is 18.5. The molecule has 0 N–H and O–H groups in total. The zero-order valence-electron chi connectivity index (χ0n) is 17.1. The Morgan fingerprint density at radius 3 is 2.63 bits per heavy atom. The van der Waals surface area contributed by atoms with Crippen LogP contribution in [0.2, 0.25) is 0 Å². The number of aryl methyl sites for hydroxylation is 1. The van der Waals surface area contributed by atoms with E-state index in [2.05, 4.69) is 4.98 Å². The lowest BCUT2D eigenvalue weighted by Gasteiger charge is -2.27. The van der Waals surface area contributed by atoms with E-state index in [0.717, 1.165) is 58.7 Å². The molecule has 0 bridgehead atoms. The zero-order chi connectivity index (χ0) is 21.3. The minimum absolute atomic E-state index is 0.161. The van der Waals surface area contributed by atoms with Gasteiger partial charge in [0, 0.05) is 30.7 Å². The molecule has 2 saturated heterocycles. The first kappa shape index (κ1) is 20.4. The summed E-state index contributed by atoms with van der Waals surface area (Å²) in [5.41, 5.74) is 2.77. The number of thioether (sulfide) groups is 1. The number of piperidine rings is 1. The molecule has 0 unspecified atom stereocenters. The molecule has 156 valence electrons. The number of aromatic nitrogens is 2. The Balaban J connectivity index is 1.54. The van der Waals surface area contributed by atoms with Crippen LogP contribution >= 0.6 is 11.8 Å². The van der Waals surface area contributed by atoms with Crippen molar-refractivity contribution in [2.45, 2.75) is 33.1 Å². The van der Waals surface area contributed by atoms with E-state index in [4.69, 9.17) is 0 Å². The maximum Gasteiger partial charge on any atom is 0.294 e. The van der Waals surface area contributed by atoms with Gasteiger partial charge in [0.25, 0.3) is 11.1 Å². The lowest BCUT2D eigenvalue weighted by molar-refractivity contribution is -0.136. The van der Waals surface area contributed by atoms with E-state index >= 15 is 0 Å². The average molecular weight is 425 g/mol. The molecule has 2 aromatic rings. The number of carbonyl (C=O) groups is 3. The van der Waals surface area contributed by atoms with Gasteiger partial charge in [0.05, 0.1) is 4.91 Å². The number of amides is 3. The molecule has 0 radical (unpaired) electrons. The van der Waals surface area contributed by atoms with Crippen molar-refractivity contribution >= 4 is 34.9 Å². The Morgan fingerprint density at radius 2 is 1.93 bits per heavy atom. The SMILES string of the molecule is Cc1cc(/C=C2\SC(=O)N(CC(=O)N3CCCCC3)C2=O)c(C)n1-c1ccccn1. The van der Waals surface area contributed by atoms with Crippen LogP contribution in [0.1, 0.15) is 36.2 Å². The molecule has 0 aliphatic carbocycles. The number of rotatable bonds is 4. The molecule has 0 aromatic carbocycles. The number of imide groups is 1. The van der Waals surface area contributed by atoms with Crippen molar-refractivity contribution in [2.24, 2.45) is 0 Å². The summed E-state index contributed by atoms with van der Waals surface area (Å²) in [6, 6.07) is 7.67. The van der Waals surface area contributed by atoms with Crippen molar-refractivity contribution < 1.29 is 14.4 Å². The Bertz CT molecular complexity index is 1020. The van der Waals surface area contributed by atoms with Gasteiger partial charge in [0.15, 0.2) is 0 Å². The molecule has 2 fully saturated rings. The minimum Gasteiger partial charge on any atom is -0.341 e. The minimum atomic E-state index is -0.405. The average Bonchev–Trinajstić information content (AvgIpc) is 3.18. The lowest BCUT2D eigenvalue weighted by Crippen LogP contribution is -2.44. The van der Waals surface area contributed by atoms with E-state index in [1.165, 1.54) is 0 Å². The van der Waals surface area contributed by atoms with Crippen LogP contribution in [0.3, 0.4) is 0 Å². The molecule has 8 heteroatoms. The number of pyridine rings is 1. The predicted octanol–water partition coefficient (Wildman–Crippen LogP) is 3.54. The molecule has 4 heterocycles. The summed E-state index contributed by atoms with van der Waals surface area (Å²) in [4.78, 5) is 45.3. The second kappa shape index (κ2) is 8.47. The molecule has 2 aliphatic rings. The topological polar surface area (TPSA) is 75.5 Å². The van der Waals surface area contributed by atoms with Crippen molar-refractivity contribution in [2.75, 3.05) is 19.6 Å². The highest BCUT2D eigenvalue weighted by Crippen LogP contribution is 2.33. The van der Waals surface area contributed by atoms with Crippen LogP contribution in [0.15, 0.2) is 35.4 Å². The molecule has 7 nitrogen and oxygen atoms in total. The van der Waals surface area contributed by atoms with Crippen molar-refractivity contribution in [3.05, 3.63) is 52.3 Å². The Hall–Kier alpha value is -2.87. The van der Waals surface area contributed by atoms with E-state index < -0.39 is 11.1 Å². The quantitative estimate of drug-likeness (QED) is 0.702. The van der Waals surface area contributed by atoms with Gasteiger partial charge in [-0.05, 0) is 74.7 Å². The summed E-state index contributed by atoms with van der Waals surface area (Å²) in [5, 5.41) is -0.393. The largest absolute Gasteiger partial charge is 0.341 e. The third kappa shape index (κ3) is 3.92. The van der Waals surface area contributed by atoms with Gasteiger partial charge in [-0.1, -0.05) is 6.07 Å². The molecule has 0 spiro atoms. The lowest BCUT2D eigenvalue weighted by atomic mass is 10.1. The highest BCUT2D eigenvalue weighted by molar-refractivity contribution is 8.18. The second-order valence-corrected chi connectivity index (χ2v) is 8.55. The maximum atomic E-state index is 12.8. The monoisotopic (exact) mass is 424 g/mol. The van der Waals surface area contributed by atoms with E-state index in [1.807, 2.05) is 42.7 Å². The van der Waals surface area contributed by atoms with Gasteiger partial charge in [0.2, 0.25) is 5.91 Å². The molecule has 0 atom stereocenters. The summed E-state index contributed by atoms with van der Waals surface area (Å²) >= 11 is 0.888. The van der Waals surface area contributed by atoms with Crippen LogP contribution in [0, 0.1) is 13.8 Å². The molecule has 30 heavy (non-hydrogen) atoms. The summed E-state index contributed by atoms with van der Waals surface area (Å²) < 4.78 is 2.01. The van der Waals surface area contributed by atoms with Crippen LogP contribution in [0.5, 0.6) is 0 Å². The van der Waals surface area contributed by atoms with Crippen molar-refractivity contribution in [3.63, 3.8) is 0 Å². The fourth-order valence-corrected chi connectivity index (χ4v) is 4.76. The first-order chi connectivity index (χ1) is 14.5. The first-order valence-corrected chi connectivity index (χ1v) is 10.9. The van der Waals surface area contributed by atoms with Crippen LogP contribution in [0.25, 0.3) is 11.9 Å². The van der Waals surface area contributed by atoms with Crippen LogP contribution in [0.4, 0.5) is 4.79 Å². The summed E-state index contributed by atoms with van der Waals surface area (Å²) in [6.07, 6.45) is 6.53. The highest BCUT2D eigenvalue weighted by atomic mass is 32.2. The molecular weight excluding hydrogens is 400 g/mol. The molecular formula is C22H24N4O3S. The highest BCUT2D eigenvalue weighted by Gasteiger charge is 2.37. The standard InChI is InChI=1S/C22H24N4O3S/c1-15-12-17(16(2)26(15)19-8-4-5-9-23-19)13-18-21(28)25(22(29)30-18)14-20(27)24-10-6-3-7-11-24/h4-5,8-9,12-13H,3,6-7,10-11,14H2,1-2H3/b18-13-. The number of hydrogen-bond donors (Lipinski definition) is 0. The fraction of sp³-hybridized carbons (Fsp3) is 0.364. The second-order valence-electron chi connectivity index (χ2n) is 7.56. The van der Waals surface area contributed by atoms with Crippen LogP contribution in [-0.4, -0.2) is 56.0 Å². The molecule has 4 rings (SSSR count). The number of nitrogens with zero attached hydrogens (tertiary/aromatic N) is 4. The molecule has 0 saturated carbocycles. The smallest absolute Gasteiger partial charge is 0.294 e. The first-order valence-electron chi connectivity index (χ1n) is 10.1. The third-order valence-electron chi connectivity index (χ3n) is 5.51. The Labute approximate surface area is 179 Å². The molecule has 3 amide bonds. The van der Waals surface area contributed by atoms with Gasteiger partial charge < -0.3 is 9.47 Å². The summed E-state index contributed by atoms with van der Waals surface area (Å²) in [7, 11) is 0. The predicted molar refractivity (Wildman–Crippen MR) is 116 cm³/mol. The van der Waals surface area contributed by atoms with Crippen LogP contribution < -0.4 is 0 Å². The van der Waals surface area contributed by atoms with Crippen molar-refractivity contribution in [1.82, 2.24) is 19.4 Å².